The molecule has 1 aliphatic rings. The van der Waals surface area contributed by atoms with Crippen molar-refractivity contribution in [2.24, 2.45) is 0 Å². The average molecular weight is 273 g/mol. The fraction of sp³-hybridized carbons (Fsp3) is 0.250. The molecule has 0 spiro atoms. The van der Waals surface area contributed by atoms with Crippen LogP contribution in [0.2, 0.25) is 5.02 Å². The van der Waals surface area contributed by atoms with Gasteiger partial charge in [-0.25, -0.2) is 0 Å². The van der Waals surface area contributed by atoms with Crippen LogP contribution in [0.4, 0.5) is 5.69 Å². The number of rotatable bonds is 1. The molecular formula is C16H17ClN2. The predicted octanol–water partition coefficient (Wildman–Crippen LogP) is 3.55. The van der Waals surface area contributed by atoms with E-state index in [0.717, 1.165) is 22.7 Å². The highest BCUT2D eigenvalue weighted by Gasteiger charge is 2.26. The van der Waals surface area contributed by atoms with Gasteiger partial charge in [-0.2, -0.15) is 0 Å². The summed E-state index contributed by atoms with van der Waals surface area (Å²) < 4.78 is 0. The maximum absolute atomic E-state index is 6.12. The Labute approximate surface area is 118 Å². The molecule has 2 nitrogen and oxygen atoms in total. The lowest BCUT2D eigenvalue weighted by Crippen LogP contribution is -2.38. The van der Waals surface area contributed by atoms with Gasteiger partial charge in [0, 0.05) is 16.8 Å². The van der Waals surface area contributed by atoms with Crippen molar-refractivity contribution >= 4 is 17.3 Å². The first-order valence-electron chi connectivity index (χ1n) is 6.54. The molecule has 3 heteroatoms. The van der Waals surface area contributed by atoms with Crippen LogP contribution in [-0.2, 0) is 6.42 Å². The van der Waals surface area contributed by atoms with Crippen LogP contribution < -0.4 is 11.1 Å². The number of nitrogens with one attached hydrogen (secondary N) is 1. The van der Waals surface area contributed by atoms with Crippen LogP contribution in [0.25, 0.3) is 0 Å². The first-order valence-corrected chi connectivity index (χ1v) is 6.91. The van der Waals surface area contributed by atoms with Gasteiger partial charge >= 0.3 is 0 Å². The second-order valence-electron chi connectivity index (χ2n) is 5.18. The summed E-state index contributed by atoms with van der Waals surface area (Å²) in [6.45, 7) is 2.20. The molecule has 0 saturated carbocycles. The SMILES string of the molecule is C[C@@H]1Cc2ccccc2[C@@H](c2cc(Cl)ccc2N)N1. The predicted molar refractivity (Wildman–Crippen MR) is 80.5 cm³/mol. The Morgan fingerprint density at radius 2 is 1.95 bits per heavy atom. The summed E-state index contributed by atoms with van der Waals surface area (Å²) in [7, 11) is 0. The average Bonchev–Trinajstić information content (AvgIpc) is 2.40. The highest BCUT2D eigenvalue weighted by Crippen LogP contribution is 2.34. The largest absolute Gasteiger partial charge is 0.398 e. The van der Waals surface area contributed by atoms with Crippen molar-refractivity contribution in [3.63, 3.8) is 0 Å². The summed E-state index contributed by atoms with van der Waals surface area (Å²) in [4.78, 5) is 0. The van der Waals surface area contributed by atoms with Gasteiger partial charge in [0.25, 0.3) is 0 Å². The topological polar surface area (TPSA) is 38.0 Å². The molecule has 0 aliphatic carbocycles. The number of hydrogen-bond acceptors (Lipinski definition) is 2. The third-order valence-electron chi connectivity index (χ3n) is 3.70. The molecule has 0 bridgehead atoms. The molecule has 1 heterocycles. The zero-order valence-corrected chi connectivity index (χ0v) is 11.6. The Morgan fingerprint density at radius 3 is 2.79 bits per heavy atom. The molecule has 0 amide bonds. The Balaban J connectivity index is 2.12. The third kappa shape index (κ3) is 2.34. The van der Waals surface area contributed by atoms with E-state index in [-0.39, 0.29) is 6.04 Å². The van der Waals surface area contributed by atoms with Gasteiger partial charge in [0.05, 0.1) is 6.04 Å². The van der Waals surface area contributed by atoms with E-state index in [2.05, 4.69) is 36.5 Å². The number of fused-ring (bicyclic) bond motifs is 1. The molecule has 3 rings (SSSR count). The van der Waals surface area contributed by atoms with E-state index in [0.29, 0.717) is 6.04 Å². The van der Waals surface area contributed by atoms with Crippen molar-refractivity contribution in [1.82, 2.24) is 5.32 Å². The maximum atomic E-state index is 6.12. The quantitative estimate of drug-likeness (QED) is 0.779. The summed E-state index contributed by atoms with van der Waals surface area (Å²) >= 11 is 6.12. The summed E-state index contributed by atoms with van der Waals surface area (Å²) in [6, 6.07) is 14.7. The van der Waals surface area contributed by atoms with Crippen LogP contribution in [0, 0.1) is 0 Å². The highest BCUT2D eigenvalue weighted by molar-refractivity contribution is 6.30. The fourth-order valence-corrected chi connectivity index (χ4v) is 3.00. The molecule has 2 aromatic carbocycles. The first kappa shape index (κ1) is 12.5. The normalized spacial score (nSPS) is 22.0. The van der Waals surface area contributed by atoms with Crippen LogP contribution in [0.3, 0.4) is 0 Å². The lowest BCUT2D eigenvalue weighted by molar-refractivity contribution is 0.465. The molecule has 1 aliphatic heterocycles. The first-order chi connectivity index (χ1) is 9.15. The molecule has 0 fully saturated rings. The van der Waals surface area contributed by atoms with E-state index < -0.39 is 0 Å². The van der Waals surface area contributed by atoms with Crippen molar-refractivity contribution in [1.29, 1.82) is 0 Å². The zero-order valence-electron chi connectivity index (χ0n) is 10.9. The lowest BCUT2D eigenvalue weighted by atomic mass is 9.86. The standard InChI is InChI=1S/C16H17ClN2/c1-10-8-11-4-2-3-5-13(11)16(19-10)14-9-12(17)6-7-15(14)18/h2-7,9-10,16,19H,8,18H2,1H3/t10-,16+/m1/s1. The number of nitrogen functional groups attached to an aromatic ring is 1. The Bertz CT molecular complexity index is 609. The molecule has 98 valence electrons. The van der Waals surface area contributed by atoms with Gasteiger partial charge in [0.15, 0.2) is 0 Å². The lowest BCUT2D eigenvalue weighted by Gasteiger charge is -2.32. The smallest absolute Gasteiger partial charge is 0.0602 e. The van der Waals surface area contributed by atoms with Crippen LogP contribution in [-0.4, -0.2) is 6.04 Å². The molecule has 0 unspecified atom stereocenters. The van der Waals surface area contributed by atoms with Crippen LogP contribution in [0.15, 0.2) is 42.5 Å². The van der Waals surface area contributed by atoms with Crippen molar-refractivity contribution in [2.75, 3.05) is 5.73 Å². The van der Waals surface area contributed by atoms with E-state index in [4.69, 9.17) is 17.3 Å². The van der Waals surface area contributed by atoms with E-state index in [1.807, 2.05) is 18.2 Å². The monoisotopic (exact) mass is 272 g/mol. The van der Waals surface area contributed by atoms with Gasteiger partial charge in [-0.1, -0.05) is 35.9 Å². The summed E-state index contributed by atoms with van der Waals surface area (Å²) in [6.07, 6.45) is 1.05. The van der Waals surface area contributed by atoms with Gasteiger partial charge in [-0.15, -0.1) is 0 Å². The summed E-state index contributed by atoms with van der Waals surface area (Å²) in [5.41, 5.74) is 10.7. The van der Waals surface area contributed by atoms with E-state index in [9.17, 15) is 0 Å². The zero-order chi connectivity index (χ0) is 13.4. The highest BCUT2D eigenvalue weighted by atomic mass is 35.5. The number of halogens is 1. The summed E-state index contributed by atoms with van der Waals surface area (Å²) in [5.74, 6) is 0. The van der Waals surface area contributed by atoms with E-state index >= 15 is 0 Å². The van der Waals surface area contributed by atoms with Gasteiger partial charge in [-0.05, 0) is 48.2 Å². The molecule has 2 atom stereocenters. The van der Waals surface area contributed by atoms with Crippen molar-refractivity contribution in [3.8, 4) is 0 Å². The van der Waals surface area contributed by atoms with Gasteiger partial charge in [-0.3, -0.25) is 0 Å². The van der Waals surface area contributed by atoms with Crippen molar-refractivity contribution in [2.45, 2.75) is 25.4 Å². The second-order valence-corrected chi connectivity index (χ2v) is 5.61. The number of benzene rings is 2. The van der Waals surface area contributed by atoms with E-state index in [1.54, 1.807) is 0 Å². The number of nitrogens with two attached hydrogens (primary N) is 1. The van der Waals surface area contributed by atoms with E-state index in [1.165, 1.54) is 11.1 Å². The minimum atomic E-state index is 0.124. The van der Waals surface area contributed by atoms with Crippen LogP contribution >= 0.6 is 11.6 Å². The van der Waals surface area contributed by atoms with Crippen molar-refractivity contribution < 1.29 is 0 Å². The van der Waals surface area contributed by atoms with Crippen LogP contribution in [0.5, 0.6) is 0 Å². The molecule has 0 saturated heterocycles. The Hall–Kier alpha value is -1.51. The number of anilines is 1. The Morgan fingerprint density at radius 1 is 1.16 bits per heavy atom. The minimum Gasteiger partial charge on any atom is -0.398 e. The third-order valence-corrected chi connectivity index (χ3v) is 3.94. The molecule has 2 aromatic rings. The van der Waals surface area contributed by atoms with Gasteiger partial charge in [0.2, 0.25) is 0 Å². The van der Waals surface area contributed by atoms with Crippen molar-refractivity contribution in [3.05, 3.63) is 64.2 Å². The summed E-state index contributed by atoms with van der Waals surface area (Å²) in [5, 5.41) is 4.34. The molecular weight excluding hydrogens is 256 g/mol. The van der Waals surface area contributed by atoms with Crippen LogP contribution in [0.1, 0.15) is 29.7 Å². The minimum absolute atomic E-state index is 0.124. The Kier molecular flexibility index (Phi) is 3.21. The molecule has 19 heavy (non-hydrogen) atoms. The van der Waals surface area contributed by atoms with Gasteiger partial charge < -0.3 is 11.1 Å². The molecule has 0 aromatic heterocycles. The van der Waals surface area contributed by atoms with Gasteiger partial charge in [0.1, 0.15) is 0 Å². The molecule has 3 N–H and O–H groups in total. The second kappa shape index (κ2) is 4.87. The maximum Gasteiger partial charge on any atom is 0.0602 e. The molecule has 0 radical (unpaired) electrons. The number of hydrogen-bond donors (Lipinski definition) is 2. The fourth-order valence-electron chi connectivity index (χ4n) is 2.82.